The Balaban J connectivity index is 2.23. The summed E-state index contributed by atoms with van der Waals surface area (Å²) >= 11 is 4.93. The molecule has 1 amide bonds. The molecule has 0 fully saturated rings. The lowest BCUT2D eigenvalue weighted by atomic mass is 10.1. The van der Waals surface area contributed by atoms with E-state index in [0.29, 0.717) is 16.2 Å². The highest BCUT2D eigenvalue weighted by molar-refractivity contribution is 7.80. The predicted molar refractivity (Wildman–Crippen MR) is 86.2 cm³/mol. The first kappa shape index (κ1) is 14.2. The van der Waals surface area contributed by atoms with E-state index in [-0.39, 0.29) is 5.91 Å². The van der Waals surface area contributed by atoms with Crippen molar-refractivity contribution >= 4 is 28.8 Å². The fourth-order valence-corrected chi connectivity index (χ4v) is 2.19. The van der Waals surface area contributed by atoms with Gasteiger partial charge in [0.05, 0.1) is 0 Å². The van der Waals surface area contributed by atoms with Gasteiger partial charge in [-0.25, -0.2) is 0 Å². The monoisotopic (exact) mass is 284 g/mol. The van der Waals surface area contributed by atoms with E-state index in [1.54, 1.807) is 6.07 Å². The van der Waals surface area contributed by atoms with Gasteiger partial charge in [-0.2, -0.15) is 0 Å². The molecule has 0 spiro atoms. The molecule has 3 nitrogen and oxygen atoms in total. The normalized spacial score (nSPS) is 10.1. The van der Waals surface area contributed by atoms with Gasteiger partial charge in [-0.15, -0.1) is 0 Å². The molecular weight excluding hydrogens is 268 g/mol. The van der Waals surface area contributed by atoms with Crippen LogP contribution in [0.4, 0.5) is 5.69 Å². The average molecular weight is 284 g/mol. The summed E-state index contributed by atoms with van der Waals surface area (Å²) in [6.45, 7) is 3.94. The molecule has 0 aliphatic heterocycles. The lowest BCUT2D eigenvalue weighted by Gasteiger charge is -2.08. The van der Waals surface area contributed by atoms with Crippen molar-refractivity contribution in [1.29, 1.82) is 0 Å². The summed E-state index contributed by atoms with van der Waals surface area (Å²) in [5, 5.41) is 2.85. The van der Waals surface area contributed by atoms with Crippen LogP contribution in [-0.4, -0.2) is 10.9 Å². The smallest absolute Gasteiger partial charge is 0.255 e. The summed E-state index contributed by atoms with van der Waals surface area (Å²) in [7, 11) is 0. The Morgan fingerprint density at radius 1 is 1.05 bits per heavy atom. The van der Waals surface area contributed by atoms with Crippen molar-refractivity contribution < 1.29 is 4.79 Å². The van der Waals surface area contributed by atoms with Gasteiger partial charge < -0.3 is 11.1 Å². The van der Waals surface area contributed by atoms with E-state index in [2.05, 4.69) is 5.32 Å². The number of carbonyl (C=O) groups is 1. The van der Waals surface area contributed by atoms with Crippen LogP contribution in [0, 0.1) is 13.8 Å². The van der Waals surface area contributed by atoms with Gasteiger partial charge in [0.2, 0.25) is 0 Å². The van der Waals surface area contributed by atoms with Crippen LogP contribution >= 0.6 is 12.2 Å². The van der Waals surface area contributed by atoms with Crippen molar-refractivity contribution in [1.82, 2.24) is 0 Å². The maximum atomic E-state index is 12.2. The van der Waals surface area contributed by atoms with E-state index in [1.807, 2.05) is 50.2 Å². The molecule has 3 N–H and O–H groups in total. The van der Waals surface area contributed by atoms with E-state index >= 15 is 0 Å². The van der Waals surface area contributed by atoms with E-state index < -0.39 is 0 Å². The number of rotatable bonds is 3. The number of hydrogen-bond acceptors (Lipinski definition) is 2. The van der Waals surface area contributed by atoms with E-state index in [9.17, 15) is 4.79 Å². The summed E-state index contributed by atoms with van der Waals surface area (Å²) in [4.78, 5) is 12.5. The zero-order chi connectivity index (χ0) is 14.7. The van der Waals surface area contributed by atoms with Crippen LogP contribution < -0.4 is 11.1 Å². The van der Waals surface area contributed by atoms with Gasteiger partial charge in [-0.3, -0.25) is 4.79 Å². The fourth-order valence-electron chi connectivity index (χ4n) is 2.06. The van der Waals surface area contributed by atoms with Crippen LogP contribution in [0.15, 0.2) is 42.5 Å². The third-order valence-corrected chi connectivity index (χ3v) is 3.12. The molecule has 0 aliphatic carbocycles. The van der Waals surface area contributed by atoms with E-state index in [0.717, 1.165) is 16.7 Å². The molecule has 0 radical (unpaired) electrons. The van der Waals surface area contributed by atoms with Crippen molar-refractivity contribution in [2.75, 3.05) is 5.32 Å². The maximum absolute atomic E-state index is 12.2. The zero-order valence-corrected chi connectivity index (χ0v) is 12.3. The summed E-state index contributed by atoms with van der Waals surface area (Å²) in [5.74, 6) is -0.142. The number of thiocarbonyl (C=S) groups is 1. The number of anilines is 1. The first-order valence-electron chi connectivity index (χ1n) is 6.25. The molecule has 0 saturated heterocycles. The SMILES string of the molecule is Cc1cc(C)cc(C(=O)Nc2cccc(C(N)=S)c2)c1. The lowest BCUT2D eigenvalue weighted by molar-refractivity contribution is 0.102. The summed E-state index contributed by atoms with van der Waals surface area (Å²) < 4.78 is 0. The largest absolute Gasteiger partial charge is 0.389 e. The summed E-state index contributed by atoms with van der Waals surface area (Å²) in [6, 6.07) is 13.0. The van der Waals surface area contributed by atoms with E-state index in [1.165, 1.54) is 0 Å². The Labute approximate surface area is 123 Å². The van der Waals surface area contributed by atoms with Crippen LogP contribution in [0.2, 0.25) is 0 Å². The van der Waals surface area contributed by atoms with E-state index in [4.69, 9.17) is 18.0 Å². The second kappa shape index (κ2) is 5.84. The van der Waals surface area contributed by atoms with Crippen molar-refractivity contribution in [3.63, 3.8) is 0 Å². The Kier molecular flexibility index (Phi) is 4.15. The Hall–Kier alpha value is -2.20. The van der Waals surface area contributed by atoms with Crippen LogP contribution in [0.25, 0.3) is 0 Å². The molecule has 102 valence electrons. The lowest BCUT2D eigenvalue weighted by Crippen LogP contribution is -2.14. The van der Waals surface area contributed by atoms with Crippen LogP contribution in [0.1, 0.15) is 27.0 Å². The molecule has 20 heavy (non-hydrogen) atoms. The Morgan fingerprint density at radius 2 is 1.70 bits per heavy atom. The van der Waals surface area contributed by atoms with Crippen molar-refractivity contribution in [3.05, 3.63) is 64.7 Å². The van der Waals surface area contributed by atoms with Crippen LogP contribution in [0.3, 0.4) is 0 Å². The molecule has 0 bridgehead atoms. The highest BCUT2D eigenvalue weighted by Crippen LogP contribution is 2.14. The molecule has 2 aromatic carbocycles. The van der Waals surface area contributed by atoms with Gasteiger partial charge in [-0.1, -0.05) is 41.5 Å². The maximum Gasteiger partial charge on any atom is 0.255 e. The van der Waals surface area contributed by atoms with Crippen molar-refractivity contribution in [3.8, 4) is 0 Å². The minimum absolute atomic E-state index is 0.142. The number of nitrogens with two attached hydrogens (primary N) is 1. The Morgan fingerprint density at radius 3 is 2.30 bits per heavy atom. The first-order chi connectivity index (χ1) is 9.45. The van der Waals surface area contributed by atoms with Gasteiger partial charge in [0.15, 0.2) is 0 Å². The van der Waals surface area contributed by atoms with Crippen molar-refractivity contribution in [2.45, 2.75) is 13.8 Å². The minimum atomic E-state index is -0.142. The topological polar surface area (TPSA) is 55.1 Å². The zero-order valence-electron chi connectivity index (χ0n) is 11.4. The molecule has 0 aliphatic rings. The van der Waals surface area contributed by atoms with Gasteiger partial charge >= 0.3 is 0 Å². The molecular formula is C16H16N2OS. The summed E-state index contributed by atoms with van der Waals surface area (Å²) in [6.07, 6.45) is 0. The van der Waals surface area contributed by atoms with Gasteiger partial charge in [0, 0.05) is 16.8 Å². The molecule has 2 aromatic rings. The second-order valence-corrected chi connectivity index (χ2v) is 5.22. The number of benzene rings is 2. The van der Waals surface area contributed by atoms with Crippen LogP contribution in [-0.2, 0) is 0 Å². The average Bonchev–Trinajstić information content (AvgIpc) is 2.37. The number of nitrogens with one attached hydrogen (secondary N) is 1. The fraction of sp³-hybridized carbons (Fsp3) is 0.125. The summed E-state index contributed by atoms with van der Waals surface area (Å²) in [5.41, 5.74) is 9.76. The highest BCUT2D eigenvalue weighted by atomic mass is 32.1. The van der Waals surface area contributed by atoms with Gasteiger partial charge in [-0.05, 0) is 38.1 Å². The standard InChI is InChI=1S/C16H16N2OS/c1-10-6-11(2)8-13(7-10)16(19)18-14-5-3-4-12(9-14)15(17)20/h3-9H,1-2H3,(H2,17,20)(H,18,19). The number of aryl methyl sites for hydroxylation is 2. The first-order valence-corrected chi connectivity index (χ1v) is 6.66. The number of amides is 1. The molecule has 0 atom stereocenters. The van der Waals surface area contributed by atoms with Gasteiger partial charge in [0.1, 0.15) is 4.99 Å². The molecule has 2 rings (SSSR count). The third kappa shape index (κ3) is 3.42. The molecule has 0 saturated carbocycles. The number of carbonyl (C=O) groups excluding carboxylic acids is 1. The second-order valence-electron chi connectivity index (χ2n) is 4.78. The Bertz CT molecular complexity index is 660. The quantitative estimate of drug-likeness (QED) is 0.851. The third-order valence-electron chi connectivity index (χ3n) is 2.89. The predicted octanol–water partition coefficient (Wildman–Crippen LogP) is 3.19. The van der Waals surface area contributed by atoms with Gasteiger partial charge in [0.25, 0.3) is 5.91 Å². The van der Waals surface area contributed by atoms with Crippen LogP contribution in [0.5, 0.6) is 0 Å². The highest BCUT2D eigenvalue weighted by Gasteiger charge is 2.08. The number of hydrogen-bond donors (Lipinski definition) is 2. The van der Waals surface area contributed by atoms with Crippen molar-refractivity contribution in [2.24, 2.45) is 5.73 Å². The molecule has 0 heterocycles. The molecule has 0 unspecified atom stereocenters. The molecule has 0 aromatic heterocycles. The molecule has 4 heteroatoms. The minimum Gasteiger partial charge on any atom is -0.389 e.